The van der Waals surface area contributed by atoms with Crippen LogP contribution in [0.2, 0.25) is 0 Å². The molecule has 0 aliphatic carbocycles. The number of aliphatic hydroxyl groups excluding tert-OH is 2. The van der Waals surface area contributed by atoms with E-state index < -0.39 is 12.2 Å². The smallest absolute Gasteiger partial charge is 0.270 e. The number of pyridine rings is 3. The van der Waals surface area contributed by atoms with Crippen LogP contribution >= 0.6 is 11.8 Å². The van der Waals surface area contributed by atoms with Crippen molar-refractivity contribution in [3.63, 3.8) is 0 Å². The minimum absolute atomic E-state index is 0.182. The van der Waals surface area contributed by atoms with E-state index in [9.17, 15) is 15.0 Å². The zero-order valence-corrected chi connectivity index (χ0v) is 21.7. The average Bonchev–Trinajstić information content (AvgIpc) is 2.96. The van der Waals surface area contributed by atoms with Crippen LogP contribution in [0.4, 0.5) is 5.82 Å². The topological polar surface area (TPSA) is 139 Å². The maximum Gasteiger partial charge on any atom is 0.270 e. The van der Waals surface area contributed by atoms with Crippen LogP contribution in [0, 0.1) is 0 Å². The van der Waals surface area contributed by atoms with Crippen molar-refractivity contribution in [2.24, 2.45) is 4.99 Å². The quantitative estimate of drug-likeness (QED) is 0.397. The number of ether oxygens (including phenoxy) is 2. The molecule has 0 spiro atoms. The second kappa shape index (κ2) is 12.0. The van der Waals surface area contributed by atoms with Gasteiger partial charge in [-0.05, 0) is 37.1 Å². The number of aromatic nitrogens is 3. The van der Waals surface area contributed by atoms with Crippen LogP contribution in [0.15, 0.2) is 52.5 Å². The Morgan fingerprint density at radius 2 is 2.16 bits per heavy atom. The summed E-state index contributed by atoms with van der Waals surface area (Å²) in [7, 11) is 1.57. The van der Waals surface area contributed by atoms with Gasteiger partial charge in [-0.2, -0.15) is 0 Å². The van der Waals surface area contributed by atoms with Crippen molar-refractivity contribution in [2.75, 3.05) is 19.5 Å². The van der Waals surface area contributed by atoms with Crippen LogP contribution in [-0.2, 0) is 4.74 Å². The highest BCUT2D eigenvalue weighted by Gasteiger charge is 2.33. The van der Waals surface area contributed by atoms with Gasteiger partial charge in [-0.25, -0.2) is 15.0 Å². The number of aliphatic hydroxyl groups is 2. The second-order valence-corrected chi connectivity index (χ2v) is 10.1. The zero-order valence-electron chi connectivity index (χ0n) is 20.9. The molecule has 3 aromatic rings. The van der Waals surface area contributed by atoms with Gasteiger partial charge < -0.3 is 25.0 Å². The lowest BCUT2D eigenvalue weighted by Gasteiger charge is -2.37. The molecule has 1 amide bonds. The fraction of sp³-hybridized carbons (Fsp3) is 0.370. The fourth-order valence-electron chi connectivity index (χ4n) is 4.53. The zero-order chi connectivity index (χ0) is 26.5. The Balaban J connectivity index is 1.30. The highest BCUT2D eigenvalue weighted by atomic mass is 32.2. The summed E-state index contributed by atoms with van der Waals surface area (Å²) in [6.07, 6.45) is 7.15. The number of rotatable bonds is 8. The van der Waals surface area contributed by atoms with E-state index in [-0.39, 0.29) is 36.8 Å². The highest BCUT2D eigenvalue weighted by molar-refractivity contribution is 8.00. The first-order valence-corrected chi connectivity index (χ1v) is 13.4. The van der Waals surface area contributed by atoms with Crippen molar-refractivity contribution in [3.05, 3.63) is 53.9 Å². The largest absolute Gasteiger partial charge is 0.481 e. The number of hydrogen-bond donors (Lipinski definition) is 3. The average molecular weight is 536 g/mol. The van der Waals surface area contributed by atoms with Gasteiger partial charge in [0.1, 0.15) is 5.69 Å². The molecule has 5 heterocycles. The molecule has 4 atom stereocenters. The van der Waals surface area contributed by atoms with E-state index in [1.165, 1.54) is 0 Å². The molecule has 38 heavy (non-hydrogen) atoms. The molecule has 0 aromatic carbocycles. The predicted octanol–water partition coefficient (Wildman–Crippen LogP) is 2.94. The number of thioether (sulfide) groups is 1. The first-order valence-electron chi connectivity index (χ1n) is 12.4. The summed E-state index contributed by atoms with van der Waals surface area (Å²) in [5.74, 6) is 1.51. The van der Waals surface area contributed by atoms with Crippen LogP contribution in [0.3, 0.4) is 0 Å². The number of methoxy groups -OCH3 is 1. The second-order valence-electron chi connectivity index (χ2n) is 9.06. The Morgan fingerprint density at radius 3 is 3.00 bits per heavy atom. The van der Waals surface area contributed by atoms with Crippen molar-refractivity contribution in [2.45, 2.75) is 48.5 Å². The Morgan fingerprint density at radius 1 is 1.26 bits per heavy atom. The van der Waals surface area contributed by atoms with E-state index in [2.05, 4.69) is 25.3 Å². The summed E-state index contributed by atoms with van der Waals surface area (Å²) in [5, 5.41) is 22.6. The van der Waals surface area contributed by atoms with Crippen molar-refractivity contribution >= 4 is 46.8 Å². The van der Waals surface area contributed by atoms with Gasteiger partial charge in [0.05, 0.1) is 54.0 Å². The van der Waals surface area contributed by atoms with E-state index in [0.717, 1.165) is 27.2 Å². The molecule has 3 N–H and O–H groups in total. The minimum Gasteiger partial charge on any atom is -0.481 e. The van der Waals surface area contributed by atoms with E-state index in [0.29, 0.717) is 24.5 Å². The Kier molecular flexibility index (Phi) is 8.28. The number of fused-ring (bicyclic) bond motifs is 2. The highest BCUT2D eigenvalue weighted by Crippen LogP contribution is 2.31. The summed E-state index contributed by atoms with van der Waals surface area (Å²) in [6, 6.07) is 8.70. The number of aliphatic imine (C=N–C) groups is 1. The van der Waals surface area contributed by atoms with Crippen molar-refractivity contribution in [1.29, 1.82) is 0 Å². The maximum atomic E-state index is 13.0. The Bertz CT molecular complexity index is 1370. The lowest BCUT2D eigenvalue weighted by atomic mass is 9.94. The summed E-state index contributed by atoms with van der Waals surface area (Å²) >= 11 is 1.62. The molecule has 2 aliphatic rings. The van der Waals surface area contributed by atoms with Crippen LogP contribution in [-0.4, -0.2) is 81.1 Å². The van der Waals surface area contributed by atoms with Gasteiger partial charge in [-0.3, -0.25) is 9.78 Å². The molecule has 0 unspecified atom stereocenters. The van der Waals surface area contributed by atoms with Gasteiger partial charge in [-0.1, -0.05) is 12.2 Å². The third-order valence-corrected chi connectivity index (χ3v) is 7.43. The molecule has 11 heteroatoms. The SMILES string of the molecule is COc1ccc2nccc(C=C[C@@H]3CC[C@@H](NC(=O)c4ccc5c(n4)N=CCS5)[C@@H](C[C@H](O)CO)O3)c2n1. The Hall–Kier alpha value is -3.38. The molecule has 0 saturated carbocycles. The molecular weight excluding hydrogens is 506 g/mol. The summed E-state index contributed by atoms with van der Waals surface area (Å²) in [5.41, 5.74) is 2.62. The molecule has 2 aliphatic heterocycles. The number of carbonyl (C=O) groups excluding carboxylic acids is 1. The third kappa shape index (κ3) is 6.02. The van der Waals surface area contributed by atoms with Crippen molar-refractivity contribution in [1.82, 2.24) is 20.3 Å². The van der Waals surface area contributed by atoms with Crippen LogP contribution in [0.5, 0.6) is 5.88 Å². The number of carbonyl (C=O) groups is 1. The first-order chi connectivity index (χ1) is 18.5. The van der Waals surface area contributed by atoms with Crippen molar-refractivity contribution in [3.8, 4) is 5.88 Å². The van der Waals surface area contributed by atoms with Gasteiger partial charge in [0.25, 0.3) is 5.91 Å². The van der Waals surface area contributed by atoms with Crippen LogP contribution in [0.1, 0.15) is 35.3 Å². The summed E-state index contributed by atoms with van der Waals surface area (Å²) < 4.78 is 11.6. The number of hydrogen-bond acceptors (Lipinski definition) is 10. The number of nitrogens with one attached hydrogen (secondary N) is 1. The molecule has 0 radical (unpaired) electrons. The number of nitrogens with zero attached hydrogens (tertiary/aromatic N) is 4. The van der Waals surface area contributed by atoms with E-state index in [4.69, 9.17) is 9.47 Å². The molecule has 0 bridgehead atoms. The summed E-state index contributed by atoms with van der Waals surface area (Å²) in [6.45, 7) is -0.389. The van der Waals surface area contributed by atoms with Gasteiger partial charge in [-0.15, -0.1) is 11.8 Å². The lowest BCUT2D eigenvalue weighted by Crippen LogP contribution is -2.50. The van der Waals surface area contributed by atoms with Crippen LogP contribution < -0.4 is 10.1 Å². The Labute approximate surface area is 224 Å². The van der Waals surface area contributed by atoms with E-state index >= 15 is 0 Å². The van der Waals surface area contributed by atoms with E-state index in [1.807, 2.05) is 30.4 Å². The summed E-state index contributed by atoms with van der Waals surface area (Å²) in [4.78, 5) is 31.6. The van der Waals surface area contributed by atoms with E-state index in [1.54, 1.807) is 43.4 Å². The maximum absolute atomic E-state index is 13.0. The van der Waals surface area contributed by atoms with Gasteiger partial charge in [0.15, 0.2) is 5.82 Å². The predicted molar refractivity (Wildman–Crippen MR) is 145 cm³/mol. The lowest BCUT2D eigenvalue weighted by molar-refractivity contribution is -0.0704. The molecule has 10 nitrogen and oxygen atoms in total. The minimum atomic E-state index is -0.962. The fourth-order valence-corrected chi connectivity index (χ4v) is 5.25. The molecular formula is C27H29N5O5S. The first kappa shape index (κ1) is 26.2. The monoisotopic (exact) mass is 535 g/mol. The molecule has 1 fully saturated rings. The van der Waals surface area contributed by atoms with Crippen LogP contribution in [0.25, 0.3) is 17.1 Å². The van der Waals surface area contributed by atoms with Gasteiger partial charge >= 0.3 is 0 Å². The van der Waals surface area contributed by atoms with Gasteiger partial charge in [0, 0.05) is 36.2 Å². The molecule has 198 valence electrons. The normalized spacial score (nSPS) is 21.8. The third-order valence-electron chi connectivity index (χ3n) is 6.48. The standard InChI is InChI=1S/C27H29N5O5S/c1-36-24-9-7-20-25(32-24)16(10-11-28-20)2-3-18-4-5-19(22(37-18)14-17(34)15-33)31-27(35)21-6-8-23-26(30-21)29-12-13-38-23/h2-3,6-12,17-19,22,33-34H,4-5,13-15H2,1H3,(H,31,35)/t17-,18+,19+,22+/m0/s1. The molecule has 1 saturated heterocycles. The molecule has 5 rings (SSSR count). The number of amides is 1. The molecule has 3 aromatic heterocycles. The van der Waals surface area contributed by atoms with Crippen molar-refractivity contribution < 1.29 is 24.5 Å². The van der Waals surface area contributed by atoms with Gasteiger partial charge in [0.2, 0.25) is 5.88 Å².